The van der Waals surface area contributed by atoms with Gasteiger partial charge in [-0.2, -0.15) is 13.2 Å². The molecule has 1 saturated heterocycles. The summed E-state index contributed by atoms with van der Waals surface area (Å²) in [4.78, 5) is 27.8. The number of ether oxygens (including phenoxy) is 1. The summed E-state index contributed by atoms with van der Waals surface area (Å²) in [5.74, 6) is 0.943. The molecule has 4 heterocycles. The molecular weight excluding hydrogens is 561 g/mol. The first-order valence-corrected chi connectivity index (χ1v) is 14.0. The topological polar surface area (TPSA) is 126 Å². The molecule has 0 saturated carbocycles. The van der Waals surface area contributed by atoms with E-state index in [0.717, 1.165) is 12.1 Å². The fraction of sp³-hybridized carbons (Fsp3) is 0.333. The Hall–Kier alpha value is -3.49. The Balaban J connectivity index is 1.35. The third kappa shape index (κ3) is 6.23. The Morgan fingerprint density at radius 3 is 2.54 bits per heavy atom. The van der Waals surface area contributed by atoms with Crippen molar-refractivity contribution in [1.82, 2.24) is 15.0 Å². The van der Waals surface area contributed by atoms with E-state index in [1.165, 1.54) is 18.3 Å². The number of nitrogens with one attached hydrogen (secondary N) is 2. The molecule has 0 atom stereocenters. The van der Waals surface area contributed by atoms with Crippen molar-refractivity contribution in [1.29, 1.82) is 0 Å². The molecule has 0 unspecified atom stereocenters. The number of pyridine rings is 1. The molecule has 39 heavy (non-hydrogen) atoms. The summed E-state index contributed by atoms with van der Waals surface area (Å²) in [6, 6.07) is 5.37. The highest BCUT2D eigenvalue weighted by molar-refractivity contribution is 7.90. The number of carbonyl (C=O) groups is 1. The Labute approximate surface area is 226 Å². The van der Waals surface area contributed by atoms with Crippen LogP contribution >= 0.6 is 11.6 Å². The number of hydrogen-bond donors (Lipinski definition) is 2. The van der Waals surface area contributed by atoms with E-state index in [1.807, 2.05) is 4.90 Å². The van der Waals surface area contributed by atoms with Crippen LogP contribution in [0.5, 0.6) is 0 Å². The van der Waals surface area contributed by atoms with Gasteiger partial charge in [-0.1, -0.05) is 11.6 Å². The van der Waals surface area contributed by atoms with Gasteiger partial charge in [-0.25, -0.2) is 28.2 Å². The maximum absolute atomic E-state index is 13.1. The van der Waals surface area contributed by atoms with Gasteiger partial charge in [0.2, 0.25) is 0 Å². The molecule has 1 fully saturated rings. The first kappa shape index (κ1) is 27.1. The molecule has 10 nitrogen and oxygen atoms in total. The molecule has 0 radical (unpaired) electrons. The number of nitrogens with zero attached hydrogens (tertiary/aromatic N) is 4. The minimum atomic E-state index is -4.67. The molecule has 0 aliphatic carbocycles. The molecule has 1 aromatic carbocycles. The van der Waals surface area contributed by atoms with Gasteiger partial charge in [0.1, 0.15) is 11.6 Å². The first-order chi connectivity index (χ1) is 18.5. The molecule has 3 aromatic rings. The molecular formula is C24H22ClF3N6O4S. The number of urea groups is 1. The Bertz CT molecular complexity index is 1510. The van der Waals surface area contributed by atoms with Crippen LogP contribution < -0.4 is 15.5 Å². The highest BCUT2D eigenvalue weighted by Gasteiger charge is 2.33. The number of morpholine rings is 1. The lowest BCUT2D eigenvalue weighted by atomic mass is 10.1. The number of fused-ring (bicyclic) bond motifs is 1. The van der Waals surface area contributed by atoms with Gasteiger partial charge in [0, 0.05) is 42.5 Å². The van der Waals surface area contributed by atoms with Gasteiger partial charge >= 0.3 is 12.2 Å². The van der Waals surface area contributed by atoms with E-state index in [4.69, 9.17) is 16.3 Å². The van der Waals surface area contributed by atoms with Gasteiger partial charge in [-0.05, 0) is 30.3 Å². The molecule has 2 aliphatic heterocycles. The van der Waals surface area contributed by atoms with Gasteiger partial charge in [-0.3, -0.25) is 5.32 Å². The number of benzene rings is 1. The van der Waals surface area contributed by atoms with Crippen LogP contribution in [0, 0.1) is 0 Å². The smallest absolute Gasteiger partial charge is 0.378 e. The van der Waals surface area contributed by atoms with Crippen LogP contribution in [0.2, 0.25) is 5.02 Å². The van der Waals surface area contributed by atoms with Crippen LogP contribution in [0.3, 0.4) is 0 Å². The first-order valence-electron chi connectivity index (χ1n) is 11.8. The third-order valence-corrected chi connectivity index (χ3v) is 8.07. The summed E-state index contributed by atoms with van der Waals surface area (Å²) in [5, 5.41) is 4.30. The number of aryl methyl sites for hydroxylation is 1. The van der Waals surface area contributed by atoms with E-state index < -0.39 is 32.6 Å². The molecule has 2 amide bonds. The van der Waals surface area contributed by atoms with Crippen molar-refractivity contribution in [2.75, 3.05) is 47.6 Å². The molecule has 0 bridgehead atoms. The predicted octanol–water partition coefficient (Wildman–Crippen LogP) is 4.16. The second-order valence-electron chi connectivity index (χ2n) is 8.94. The van der Waals surface area contributed by atoms with Crippen molar-refractivity contribution in [2.45, 2.75) is 18.3 Å². The fourth-order valence-electron chi connectivity index (χ4n) is 4.28. The minimum Gasteiger partial charge on any atom is -0.378 e. The van der Waals surface area contributed by atoms with Gasteiger partial charge in [0.15, 0.2) is 15.7 Å². The number of sulfone groups is 1. The average molecular weight is 583 g/mol. The van der Waals surface area contributed by atoms with E-state index in [0.29, 0.717) is 54.8 Å². The van der Waals surface area contributed by atoms with Crippen molar-refractivity contribution in [2.24, 2.45) is 0 Å². The lowest BCUT2D eigenvalue weighted by molar-refractivity contribution is -0.137. The summed E-state index contributed by atoms with van der Waals surface area (Å²) in [5.41, 5.74) is 0.647. The van der Waals surface area contributed by atoms with Crippen LogP contribution in [0.4, 0.5) is 35.3 Å². The number of alkyl halides is 3. The molecule has 2 aliphatic rings. The van der Waals surface area contributed by atoms with E-state index >= 15 is 0 Å². The molecule has 5 rings (SSSR count). The Morgan fingerprint density at radius 2 is 1.85 bits per heavy atom. The quantitative estimate of drug-likeness (QED) is 0.470. The minimum absolute atomic E-state index is 0.00725. The predicted molar refractivity (Wildman–Crippen MR) is 139 cm³/mol. The molecule has 0 spiro atoms. The van der Waals surface area contributed by atoms with E-state index in [9.17, 15) is 26.4 Å². The van der Waals surface area contributed by atoms with Crippen LogP contribution in [0.25, 0.3) is 11.4 Å². The number of hydrogen-bond acceptors (Lipinski definition) is 8. The lowest BCUT2D eigenvalue weighted by Crippen LogP contribution is -2.38. The zero-order valence-electron chi connectivity index (χ0n) is 20.3. The average Bonchev–Trinajstić information content (AvgIpc) is 2.89. The van der Waals surface area contributed by atoms with E-state index in [-0.39, 0.29) is 29.4 Å². The van der Waals surface area contributed by atoms with Crippen molar-refractivity contribution < 1.29 is 31.1 Å². The van der Waals surface area contributed by atoms with E-state index in [2.05, 4.69) is 25.6 Å². The summed E-state index contributed by atoms with van der Waals surface area (Å²) < 4.78 is 69.3. The van der Waals surface area contributed by atoms with Gasteiger partial charge in [0.05, 0.1) is 41.0 Å². The number of halogens is 4. The summed E-state index contributed by atoms with van der Waals surface area (Å²) in [6.45, 7) is 2.13. The van der Waals surface area contributed by atoms with Gasteiger partial charge in [-0.15, -0.1) is 0 Å². The molecule has 2 aromatic heterocycles. The molecule has 2 N–H and O–H groups in total. The largest absolute Gasteiger partial charge is 0.417 e. The maximum Gasteiger partial charge on any atom is 0.417 e. The van der Waals surface area contributed by atoms with Crippen molar-refractivity contribution in [3.8, 4) is 11.4 Å². The normalized spacial score (nSPS) is 16.9. The number of carbonyl (C=O) groups excluding carboxylic acids is 1. The second-order valence-corrected chi connectivity index (χ2v) is 11.5. The van der Waals surface area contributed by atoms with Crippen molar-refractivity contribution in [3.63, 3.8) is 0 Å². The van der Waals surface area contributed by atoms with Crippen LogP contribution in [-0.2, 0) is 32.9 Å². The van der Waals surface area contributed by atoms with E-state index in [1.54, 1.807) is 6.07 Å². The summed E-state index contributed by atoms with van der Waals surface area (Å²) >= 11 is 5.61. The van der Waals surface area contributed by atoms with Crippen molar-refractivity contribution in [3.05, 3.63) is 58.4 Å². The SMILES string of the molecule is O=C(Nc1ccc(Cl)c(C(F)(F)F)c1)Nc1ccc(-c2nc3c(c(N4CCOCC4)n2)CS(=O)(=O)CC3)cn1. The fourth-order valence-corrected chi connectivity index (χ4v) is 5.89. The molecule has 206 valence electrons. The second kappa shape index (κ2) is 10.6. The Morgan fingerprint density at radius 1 is 1.08 bits per heavy atom. The monoisotopic (exact) mass is 582 g/mol. The summed E-state index contributed by atoms with van der Waals surface area (Å²) in [7, 11) is -3.25. The number of rotatable bonds is 4. The number of amides is 2. The van der Waals surface area contributed by atoms with Crippen LogP contribution in [-0.4, -0.2) is 61.5 Å². The Kier molecular flexibility index (Phi) is 7.35. The maximum atomic E-state index is 13.1. The highest BCUT2D eigenvalue weighted by atomic mass is 35.5. The van der Waals surface area contributed by atoms with Gasteiger partial charge < -0.3 is 15.0 Å². The standard InChI is InChI=1S/C24H22ClF3N6O4S/c25-18-3-2-15(11-17(18)24(26,27)28)30-23(35)32-20-4-1-14(12-29-20)21-31-19-5-10-39(36,37)13-16(19)22(33-21)34-6-8-38-9-7-34/h1-4,11-12H,5-10,13H2,(H2,29,30,32,35). The van der Waals surface area contributed by atoms with Crippen molar-refractivity contribution >= 4 is 44.8 Å². The number of aromatic nitrogens is 3. The van der Waals surface area contributed by atoms with Crippen LogP contribution in [0.15, 0.2) is 36.5 Å². The van der Waals surface area contributed by atoms with Crippen LogP contribution in [0.1, 0.15) is 16.8 Å². The zero-order chi connectivity index (χ0) is 27.8. The number of anilines is 3. The zero-order valence-corrected chi connectivity index (χ0v) is 21.8. The van der Waals surface area contributed by atoms with Gasteiger partial charge in [0.25, 0.3) is 0 Å². The molecule has 15 heteroatoms. The third-order valence-electron chi connectivity index (χ3n) is 6.19. The highest BCUT2D eigenvalue weighted by Crippen LogP contribution is 2.36. The summed E-state index contributed by atoms with van der Waals surface area (Å²) in [6.07, 6.45) is -2.94. The lowest BCUT2D eigenvalue weighted by Gasteiger charge is -2.31.